The summed E-state index contributed by atoms with van der Waals surface area (Å²) in [4.78, 5) is 0. The van der Waals surface area contributed by atoms with Gasteiger partial charge in [0, 0.05) is 0 Å². The van der Waals surface area contributed by atoms with Crippen LogP contribution in [-0.2, 0) is 4.12 Å². The quantitative estimate of drug-likeness (QED) is 0.626. The normalized spacial score (nSPS) is 30.8. The van der Waals surface area contributed by atoms with Gasteiger partial charge in [-0.25, -0.2) is 0 Å². The first kappa shape index (κ1) is 7.77. The third-order valence-electron chi connectivity index (χ3n) is 3.90. The van der Waals surface area contributed by atoms with Crippen LogP contribution in [0, 0.1) is 0 Å². The monoisotopic (exact) mass is 197 g/mol. The molecule has 0 amide bonds. The Hall–Kier alpha value is 0.394. The van der Waals surface area contributed by atoms with E-state index in [4.69, 9.17) is 4.12 Å². The fraction of sp³-hybridized carbons (Fsp3) is 1.00. The second kappa shape index (κ2) is 2.45. The van der Waals surface area contributed by atoms with E-state index in [1.165, 1.54) is 38.5 Å². The van der Waals surface area contributed by atoms with Crippen LogP contribution in [0.1, 0.15) is 38.5 Å². The third-order valence-corrected chi connectivity index (χ3v) is 11.5. The molecule has 12 heavy (non-hydrogen) atoms. The van der Waals surface area contributed by atoms with Crippen LogP contribution in [0.25, 0.3) is 0 Å². The molecule has 3 aliphatic rings. The Bertz CT molecular complexity index is 163. The average Bonchev–Trinajstić information content (AvgIpc) is 2.94. The molecule has 1 radical (unpaired) electrons. The van der Waals surface area contributed by atoms with Crippen molar-refractivity contribution in [3.05, 3.63) is 0 Å². The maximum absolute atomic E-state index is 6.08. The molecule has 0 unspecified atom stereocenters. The molecule has 3 aliphatic carbocycles. The first-order chi connectivity index (χ1) is 5.88. The predicted octanol–water partition coefficient (Wildman–Crippen LogP) is 1.99. The Morgan fingerprint density at radius 1 is 0.833 bits per heavy atom. The van der Waals surface area contributed by atoms with E-state index in [9.17, 15) is 0 Å². The van der Waals surface area contributed by atoms with Crippen LogP contribution < -0.4 is 0 Å². The van der Waals surface area contributed by atoms with Crippen LogP contribution in [0.5, 0.6) is 0 Å². The SMILES string of the molecule is [SiH2]O[Si](C1CC1)(C1CC1)C1CC1. The molecule has 3 fully saturated rings. The van der Waals surface area contributed by atoms with Gasteiger partial charge in [0.15, 0.2) is 18.8 Å². The largest absolute Gasteiger partial charge is 0.460 e. The maximum Gasteiger partial charge on any atom is 0.188 e. The molecule has 0 atom stereocenters. The first-order valence-electron chi connectivity index (χ1n) is 5.31. The number of rotatable bonds is 4. The van der Waals surface area contributed by atoms with Crippen molar-refractivity contribution in [1.82, 2.24) is 0 Å². The Balaban J connectivity index is 1.85. The summed E-state index contributed by atoms with van der Waals surface area (Å²) in [5.41, 5.74) is 3.28. The van der Waals surface area contributed by atoms with E-state index in [1.54, 1.807) is 0 Å². The molecule has 3 heteroatoms. The molecule has 0 aromatic rings. The van der Waals surface area contributed by atoms with E-state index in [2.05, 4.69) is 0 Å². The molecule has 0 aliphatic heterocycles. The molecular weight excluding hydrogens is 180 g/mol. The summed E-state index contributed by atoms with van der Waals surface area (Å²) in [5.74, 6) is 0. The van der Waals surface area contributed by atoms with E-state index < -0.39 is 8.32 Å². The van der Waals surface area contributed by atoms with Crippen LogP contribution in [0.15, 0.2) is 0 Å². The van der Waals surface area contributed by atoms with Gasteiger partial charge in [-0.05, 0) is 16.6 Å². The van der Waals surface area contributed by atoms with Crippen LogP contribution in [0.3, 0.4) is 0 Å². The lowest BCUT2D eigenvalue weighted by atomic mass is 10.9. The number of hydrogen-bond acceptors (Lipinski definition) is 1. The van der Waals surface area contributed by atoms with Gasteiger partial charge in [-0.3, -0.25) is 0 Å². The Morgan fingerprint density at radius 3 is 1.33 bits per heavy atom. The van der Waals surface area contributed by atoms with Crippen molar-refractivity contribution >= 4 is 18.8 Å². The molecule has 0 aromatic carbocycles. The van der Waals surface area contributed by atoms with Gasteiger partial charge in [0.2, 0.25) is 0 Å². The van der Waals surface area contributed by atoms with Crippen molar-refractivity contribution in [2.75, 3.05) is 0 Å². The third kappa shape index (κ3) is 0.993. The Morgan fingerprint density at radius 2 is 1.17 bits per heavy atom. The van der Waals surface area contributed by atoms with Crippen molar-refractivity contribution in [1.29, 1.82) is 0 Å². The van der Waals surface area contributed by atoms with E-state index in [1.807, 2.05) is 10.5 Å². The molecule has 3 saturated carbocycles. The lowest BCUT2D eigenvalue weighted by Crippen LogP contribution is -2.39. The fourth-order valence-electron chi connectivity index (χ4n) is 2.96. The molecule has 0 saturated heterocycles. The first-order valence-corrected chi connectivity index (χ1v) is 8.03. The topological polar surface area (TPSA) is 9.23 Å². The molecular formula is C9H17OSi2. The van der Waals surface area contributed by atoms with Gasteiger partial charge in [0.25, 0.3) is 0 Å². The van der Waals surface area contributed by atoms with Gasteiger partial charge in [-0.1, -0.05) is 38.5 Å². The highest BCUT2D eigenvalue weighted by Crippen LogP contribution is 2.67. The molecule has 0 heterocycles. The highest BCUT2D eigenvalue weighted by molar-refractivity contribution is 6.82. The van der Waals surface area contributed by atoms with Crippen molar-refractivity contribution < 1.29 is 4.12 Å². The summed E-state index contributed by atoms with van der Waals surface area (Å²) in [6.07, 6.45) is 9.07. The molecule has 0 aromatic heterocycles. The van der Waals surface area contributed by atoms with Crippen molar-refractivity contribution in [3.8, 4) is 0 Å². The van der Waals surface area contributed by atoms with Crippen molar-refractivity contribution in [2.24, 2.45) is 0 Å². The van der Waals surface area contributed by atoms with Crippen molar-refractivity contribution in [3.63, 3.8) is 0 Å². The second-order valence-corrected chi connectivity index (χ2v) is 10.1. The molecule has 1 nitrogen and oxygen atoms in total. The minimum Gasteiger partial charge on any atom is -0.460 e. The highest BCUT2D eigenvalue weighted by Gasteiger charge is 2.63. The van der Waals surface area contributed by atoms with Gasteiger partial charge in [0.1, 0.15) is 0 Å². The lowest BCUT2D eigenvalue weighted by molar-refractivity contribution is 0.570. The summed E-state index contributed by atoms with van der Waals surface area (Å²) >= 11 is 0. The van der Waals surface area contributed by atoms with Gasteiger partial charge in [-0.15, -0.1) is 0 Å². The summed E-state index contributed by atoms with van der Waals surface area (Å²) in [6, 6.07) is 0. The van der Waals surface area contributed by atoms with Gasteiger partial charge in [0.05, 0.1) is 0 Å². The van der Waals surface area contributed by atoms with Gasteiger partial charge >= 0.3 is 0 Å². The van der Waals surface area contributed by atoms with E-state index in [0.29, 0.717) is 0 Å². The molecule has 0 bridgehead atoms. The average molecular weight is 197 g/mol. The molecule has 67 valence electrons. The Kier molecular flexibility index (Phi) is 1.59. The van der Waals surface area contributed by atoms with Crippen LogP contribution in [0.2, 0.25) is 16.6 Å². The maximum atomic E-state index is 6.08. The summed E-state index contributed by atoms with van der Waals surface area (Å²) in [7, 11) is 0.660. The second-order valence-electron chi connectivity index (χ2n) is 4.82. The fourth-order valence-corrected chi connectivity index (χ4v) is 11.0. The molecule has 0 spiro atoms. The van der Waals surface area contributed by atoms with Gasteiger partial charge < -0.3 is 4.12 Å². The molecule has 0 N–H and O–H groups in total. The minimum atomic E-state index is -1.16. The standard InChI is InChI=1S/C9H17OSi2/c11-10-12(7-1-2-7,8-3-4-8)9-5-6-9/h7-9H,1-6,11H2. The van der Waals surface area contributed by atoms with E-state index in [-0.39, 0.29) is 0 Å². The lowest BCUT2D eigenvalue weighted by Gasteiger charge is -2.30. The Labute approximate surface area is 78.6 Å². The zero-order valence-corrected chi connectivity index (χ0v) is 10.0. The van der Waals surface area contributed by atoms with Gasteiger partial charge in [-0.2, -0.15) is 0 Å². The van der Waals surface area contributed by atoms with Crippen LogP contribution >= 0.6 is 0 Å². The van der Waals surface area contributed by atoms with E-state index >= 15 is 0 Å². The van der Waals surface area contributed by atoms with E-state index in [0.717, 1.165) is 16.6 Å². The number of hydrogen-bond donors (Lipinski definition) is 0. The zero-order chi connectivity index (χ0) is 8.18. The molecule has 3 rings (SSSR count). The smallest absolute Gasteiger partial charge is 0.188 e. The highest BCUT2D eigenvalue weighted by atomic mass is 28.4. The zero-order valence-electron chi connectivity index (χ0n) is 7.59. The van der Waals surface area contributed by atoms with Crippen LogP contribution in [-0.4, -0.2) is 18.8 Å². The minimum absolute atomic E-state index is 1.09. The van der Waals surface area contributed by atoms with Crippen molar-refractivity contribution in [2.45, 2.75) is 55.1 Å². The van der Waals surface area contributed by atoms with Crippen LogP contribution in [0.4, 0.5) is 0 Å². The summed E-state index contributed by atoms with van der Waals surface area (Å²) in [5, 5.41) is 0. The summed E-state index contributed by atoms with van der Waals surface area (Å²) in [6.45, 7) is 0. The summed E-state index contributed by atoms with van der Waals surface area (Å²) < 4.78 is 6.08. The predicted molar refractivity (Wildman–Crippen MR) is 54.3 cm³/mol.